The standard InChI is InChI=1S/C29H38N6O2/c30-14-22-16-32-28(31-15-19-3-1-2-4-25(19)37)35-27(22)33-17-29-11-18-9-20(12-29)26(21(10-18)13-29)34-23-5-7-24(36)8-6-23/h1-4,16,18,20-21,23-24,26,34,36-37H,5-13,15,17H2,(H2,31,32,33,35)/t18?,20-,21+,23-,24+,26-,29+. The molecule has 5 aliphatic rings. The molecule has 5 fully saturated rings. The van der Waals surface area contributed by atoms with Crippen molar-refractivity contribution in [3.05, 3.63) is 41.6 Å². The van der Waals surface area contributed by atoms with Gasteiger partial charge in [-0.25, -0.2) is 4.98 Å². The predicted octanol–water partition coefficient (Wildman–Crippen LogP) is 4.17. The number of aromatic nitrogens is 2. The quantitative estimate of drug-likeness (QED) is 0.364. The van der Waals surface area contributed by atoms with Gasteiger partial charge in [0, 0.05) is 30.7 Å². The zero-order valence-electron chi connectivity index (χ0n) is 21.4. The second-order valence-electron chi connectivity index (χ2n) is 12.1. The molecule has 1 aromatic carbocycles. The summed E-state index contributed by atoms with van der Waals surface area (Å²) >= 11 is 0. The third-order valence-electron chi connectivity index (χ3n) is 9.49. The Kier molecular flexibility index (Phi) is 6.68. The lowest BCUT2D eigenvalue weighted by Crippen LogP contribution is -2.61. The summed E-state index contributed by atoms with van der Waals surface area (Å²) < 4.78 is 0. The van der Waals surface area contributed by atoms with Crippen LogP contribution in [-0.2, 0) is 6.54 Å². The molecular weight excluding hydrogens is 464 g/mol. The first-order chi connectivity index (χ1) is 18.0. The lowest BCUT2D eigenvalue weighted by Gasteiger charge is -2.61. The van der Waals surface area contributed by atoms with Gasteiger partial charge in [-0.05, 0) is 87.0 Å². The Balaban J connectivity index is 1.11. The van der Waals surface area contributed by atoms with Gasteiger partial charge in [-0.15, -0.1) is 0 Å². The summed E-state index contributed by atoms with van der Waals surface area (Å²) in [6.07, 6.45) is 11.9. The highest BCUT2D eigenvalue weighted by molar-refractivity contribution is 5.53. The number of anilines is 2. The van der Waals surface area contributed by atoms with Gasteiger partial charge >= 0.3 is 0 Å². The Morgan fingerprint density at radius 1 is 1.03 bits per heavy atom. The molecule has 5 atom stereocenters. The molecule has 8 heteroatoms. The Morgan fingerprint density at radius 2 is 1.78 bits per heavy atom. The minimum atomic E-state index is -0.104. The van der Waals surface area contributed by atoms with Crippen LogP contribution in [-0.4, -0.2) is 44.9 Å². The van der Waals surface area contributed by atoms with Gasteiger partial charge in [-0.2, -0.15) is 10.2 Å². The zero-order valence-corrected chi connectivity index (χ0v) is 21.4. The van der Waals surface area contributed by atoms with Crippen LogP contribution < -0.4 is 16.0 Å². The molecule has 5 N–H and O–H groups in total. The molecule has 0 amide bonds. The number of phenols is 1. The average molecular weight is 503 g/mol. The highest BCUT2D eigenvalue weighted by Crippen LogP contribution is 2.60. The van der Waals surface area contributed by atoms with Crippen molar-refractivity contribution in [2.45, 2.75) is 82.5 Å². The number of phenolic OH excluding ortho intramolecular Hbond substituents is 1. The van der Waals surface area contributed by atoms with Gasteiger partial charge in [0.25, 0.3) is 0 Å². The summed E-state index contributed by atoms with van der Waals surface area (Å²) in [4.78, 5) is 8.94. The Bertz CT molecular complexity index is 1140. The number of nitrogens with zero attached hydrogens (tertiary/aromatic N) is 3. The molecule has 0 aliphatic heterocycles. The summed E-state index contributed by atoms with van der Waals surface area (Å²) in [5.41, 5.74) is 1.49. The maximum atomic E-state index is 10.0. The number of para-hydroxylation sites is 1. The van der Waals surface area contributed by atoms with Crippen molar-refractivity contribution in [3.8, 4) is 11.8 Å². The molecule has 37 heavy (non-hydrogen) atoms. The van der Waals surface area contributed by atoms with Crippen molar-refractivity contribution < 1.29 is 10.2 Å². The molecule has 1 unspecified atom stereocenters. The number of hydrogen-bond acceptors (Lipinski definition) is 8. The van der Waals surface area contributed by atoms with Crippen molar-refractivity contribution >= 4 is 11.8 Å². The molecule has 2 aromatic rings. The smallest absolute Gasteiger partial charge is 0.224 e. The average Bonchev–Trinajstić information content (AvgIpc) is 2.90. The number of aliphatic hydroxyl groups is 1. The Morgan fingerprint density at radius 3 is 2.51 bits per heavy atom. The van der Waals surface area contributed by atoms with Crippen molar-refractivity contribution in [1.82, 2.24) is 15.3 Å². The van der Waals surface area contributed by atoms with Crippen LogP contribution in [0, 0.1) is 34.5 Å². The molecule has 4 bridgehead atoms. The highest BCUT2D eigenvalue weighted by Gasteiger charge is 2.55. The third-order valence-corrected chi connectivity index (χ3v) is 9.49. The van der Waals surface area contributed by atoms with Gasteiger partial charge < -0.3 is 26.2 Å². The van der Waals surface area contributed by atoms with E-state index in [1.54, 1.807) is 18.3 Å². The van der Waals surface area contributed by atoms with Crippen molar-refractivity contribution in [1.29, 1.82) is 5.26 Å². The summed E-state index contributed by atoms with van der Waals surface area (Å²) in [7, 11) is 0. The first-order valence-corrected chi connectivity index (χ1v) is 14.0. The molecule has 196 valence electrons. The number of rotatable bonds is 8. The minimum absolute atomic E-state index is 0.104. The van der Waals surface area contributed by atoms with Crippen LogP contribution in [0.25, 0.3) is 0 Å². The number of aliphatic hydroxyl groups excluding tert-OH is 1. The monoisotopic (exact) mass is 502 g/mol. The highest BCUT2D eigenvalue weighted by atomic mass is 16.3. The lowest BCUT2D eigenvalue weighted by molar-refractivity contribution is -0.0737. The zero-order chi connectivity index (χ0) is 25.4. The van der Waals surface area contributed by atoms with E-state index in [0.717, 1.165) is 55.5 Å². The van der Waals surface area contributed by atoms with Crippen LogP contribution in [0.4, 0.5) is 11.8 Å². The van der Waals surface area contributed by atoms with E-state index >= 15 is 0 Å². The summed E-state index contributed by atoms with van der Waals surface area (Å²) in [6.45, 7) is 1.24. The number of nitriles is 1. The van der Waals surface area contributed by atoms with E-state index in [2.05, 4.69) is 32.0 Å². The fourth-order valence-electron chi connectivity index (χ4n) is 7.99. The molecule has 0 radical (unpaired) electrons. The van der Waals surface area contributed by atoms with E-state index in [9.17, 15) is 15.5 Å². The molecule has 1 aromatic heterocycles. The van der Waals surface area contributed by atoms with Crippen molar-refractivity contribution in [2.75, 3.05) is 17.2 Å². The number of hydrogen-bond donors (Lipinski definition) is 5. The normalized spacial score (nSPS) is 34.2. The number of aromatic hydroxyl groups is 1. The van der Waals surface area contributed by atoms with Crippen LogP contribution in [0.15, 0.2) is 30.5 Å². The summed E-state index contributed by atoms with van der Waals surface area (Å²) in [5, 5.41) is 40.4. The molecular formula is C29H38N6O2. The van der Waals surface area contributed by atoms with E-state index < -0.39 is 0 Å². The molecule has 1 heterocycles. The van der Waals surface area contributed by atoms with Gasteiger partial charge in [0.15, 0.2) is 0 Å². The van der Waals surface area contributed by atoms with E-state index in [1.165, 1.54) is 32.1 Å². The van der Waals surface area contributed by atoms with Crippen LogP contribution in [0.2, 0.25) is 0 Å². The van der Waals surface area contributed by atoms with Crippen LogP contribution in [0.5, 0.6) is 5.75 Å². The van der Waals surface area contributed by atoms with E-state index in [0.29, 0.717) is 36.0 Å². The predicted molar refractivity (Wildman–Crippen MR) is 142 cm³/mol. The molecule has 7 rings (SSSR count). The Hall–Kier alpha value is -2.89. The van der Waals surface area contributed by atoms with Crippen molar-refractivity contribution in [2.24, 2.45) is 23.2 Å². The second kappa shape index (κ2) is 10.1. The van der Waals surface area contributed by atoms with Gasteiger partial charge in [-0.3, -0.25) is 0 Å². The Labute approximate surface area is 218 Å². The van der Waals surface area contributed by atoms with E-state index in [-0.39, 0.29) is 17.3 Å². The maximum absolute atomic E-state index is 10.0. The summed E-state index contributed by atoms with van der Waals surface area (Å²) in [5.74, 6) is 3.51. The summed E-state index contributed by atoms with van der Waals surface area (Å²) in [6, 6.07) is 10.6. The third kappa shape index (κ3) is 5.12. The van der Waals surface area contributed by atoms with Gasteiger partial charge in [0.1, 0.15) is 23.2 Å². The largest absolute Gasteiger partial charge is 0.508 e. The molecule has 5 saturated carbocycles. The fourth-order valence-corrected chi connectivity index (χ4v) is 7.99. The van der Waals surface area contributed by atoms with Gasteiger partial charge in [0.2, 0.25) is 5.95 Å². The van der Waals surface area contributed by atoms with Crippen molar-refractivity contribution in [3.63, 3.8) is 0 Å². The molecule has 0 spiro atoms. The van der Waals surface area contributed by atoms with Gasteiger partial charge in [0.05, 0.1) is 12.3 Å². The molecule has 0 saturated heterocycles. The first kappa shape index (κ1) is 24.4. The number of benzene rings is 1. The van der Waals surface area contributed by atoms with Gasteiger partial charge in [-0.1, -0.05) is 18.2 Å². The molecule has 8 nitrogen and oxygen atoms in total. The molecule has 5 aliphatic carbocycles. The second-order valence-corrected chi connectivity index (χ2v) is 12.1. The lowest BCUT2D eigenvalue weighted by atomic mass is 9.47. The first-order valence-electron chi connectivity index (χ1n) is 14.0. The maximum Gasteiger partial charge on any atom is 0.224 e. The van der Waals surface area contributed by atoms with Crippen LogP contribution in [0.3, 0.4) is 0 Å². The SMILES string of the molecule is N#Cc1cnc(NCc2ccccc2O)nc1NC[C@@]12CC3C[C@H](C1)[C@@H](N[C@H]1CC[C@@H](O)CC1)[C@@H](C3)C2. The van der Waals surface area contributed by atoms with E-state index in [4.69, 9.17) is 0 Å². The van der Waals surface area contributed by atoms with E-state index in [1.807, 2.05) is 12.1 Å². The van der Waals surface area contributed by atoms with Crippen LogP contribution in [0.1, 0.15) is 68.9 Å². The number of nitrogens with one attached hydrogen (secondary N) is 3. The fraction of sp³-hybridized carbons (Fsp3) is 0.621. The topological polar surface area (TPSA) is 126 Å². The minimum Gasteiger partial charge on any atom is -0.508 e. The van der Waals surface area contributed by atoms with Crippen LogP contribution >= 0.6 is 0 Å².